The summed E-state index contributed by atoms with van der Waals surface area (Å²) in [5, 5.41) is 0. The minimum atomic E-state index is -0.630. The third-order valence-corrected chi connectivity index (χ3v) is 6.54. The molecule has 36 heavy (non-hydrogen) atoms. The highest BCUT2D eigenvalue weighted by Gasteiger charge is 2.31. The number of Topliss-reactive ketones (excluding diaryl/α,β-unsaturated/α-hetero) is 1. The molecule has 0 spiro atoms. The van der Waals surface area contributed by atoms with Gasteiger partial charge in [0.05, 0.1) is 16.6 Å². The van der Waals surface area contributed by atoms with Gasteiger partial charge in [0.25, 0.3) is 17.6 Å². The molecule has 0 unspecified atom stereocenters. The van der Waals surface area contributed by atoms with Crippen LogP contribution in [0.5, 0.6) is 0 Å². The van der Waals surface area contributed by atoms with E-state index in [9.17, 15) is 14.4 Å². The first kappa shape index (κ1) is 21.8. The van der Waals surface area contributed by atoms with Gasteiger partial charge in [-0.1, -0.05) is 30.3 Å². The maximum Gasteiger partial charge on any atom is 0.295 e. The van der Waals surface area contributed by atoms with Crippen molar-refractivity contribution in [1.29, 1.82) is 0 Å². The fourth-order valence-electron chi connectivity index (χ4n) is 4.63. The molecule has 6 rings (SSSR count). The van der Waals surface area contributed by atoms with Gasteiger partial charge >= 0.3 is 0 Å². The van der Waals surface area contributed by atoms with Crippen LogP contribution in [0.25, 0.3) is 28.2 Å². The second-order valence-electron chi connectivity index (χ2n) is 8.68. The van der Waals surface area contributed by atoms with E-state index in [1.165, 1.54) is 4.90 Å². The monoisotopic (exact) mass is 478 g/mol. The fraction of sp³-hybridized carbons (Fsp3) is 0.143. The number of piperazine rings is 1. The number of aromatic nitrogens is 2. The number of carbonyl (C=O) groups is 3. The van der Waals surface area contributed by atoms with Crippen molar-refractivity contribution in [2.75, 3.05) is 26.2 Å². The number of hydrogen-bond donors (Lipinski definition) is 0. The summed E-state index contributed by atoms with van der Waals surface area (Å²) in [5.41, 5.74) is 2.91. The highest BCUT2D eigenvalue weighted by molar-refractivity contribution is 6.44. The molecule has 1 aromatic carbocycles. The molecular weight excluding hydrogens is 456 g/mol. The predicted molar refractivity (Wildman–Crippen MR) is 133 cm³/mol. The molecule has 8 heteroatoms. The number of amides is 2. The molecule has 3 aliphatic rings. The highest BCUT2D eigenvalue weighted by atomic mass is 16.4. The average Bonchev–Trinajstić information content (AvgIpc) is 3.57. The molecule has 1 fully saturated rings. The van der Waals surface area contributed by atoms with Crippen LogP contribution in [0.3, 0.4) is 0 Å². The van der Waals surface area contributed by atoms with Crippen LogP contribution in [0.1, 0.15) is 20.7 Å². The van der Waals surface area contributed by atoms with Crippen molar-refractivity contribution >= 4 is 28.6 Å². The van der Waals surface area contributed by atoms with Crippen molar-refractivity contribution in [3.8, 4) is 17.2 Å². The van der Waals surface area contributed by atoms with Gasteiger partial charge in [-0.05, 0) is 42.5 Å². The normalized spacial score (nSPS) is 13.9. The number of rotatable bonds is 4. The van der Waals surface area contributed by atoms with E-state index in [1.807, 2.05) is 54.6 Å². The number of pyridine rings is 1. The number of benzene rings is 1. The largest absolute Gasteiger partial charge is 0.440 e. The summed E-state index contributed by atoms with van der Waals surface area (Å²) in [6.07, 6.45) is 3.21. The standard InChI is InChI=1S/C28H22N4O4/c33-26(28(35)31-16-14-30(15-17-31)27(34)20-6-2-1-3-7-20)21-18-32(22-9-5-13-29-25(21)22)24-12-11-19-8-4-10-23(19)36-24/h1-13,18H,14-17H2. The topological polar surface area (TPSA) is 88.7 Å². The van der Waals surface area contributed by atoms with Crippen LogP contribution >= 0.6 is 0 Å². The lowest BCUT2D eigenvalue weighted by atomic mass is 10.1. The van der Waals surface area contributed by atoms with Gasteiger partial charge in [-0.2, -0.15) is 0 Å². The maximum absolute atomic E-state index is 13.4. The van der Waals surface area contributed by atoms with Gasteiger partial charge in [-0.3, -0.25) is 23.9 Å². The fourth-order valence-corrected chi connectivity index (χ4v) is 4.63. The Kier molecular flexibility index (Phi) is 5.33. The Morgan fingerprint density at radius 1 is 0.778 bits per heavy atom. The minimum absolute atomic E-state index is 0.0770. The van der Waals surface area contributed by atoms with E-state index < -0.39 is 11.7 Å². The van der Waals surface area contributed by atoms with Crippen LogP contribution in [0.2, 0.25) is 0 Å². The summed E-state index contributed by atoms with van der Waals surface area (Å²) in [7, 11) is 0. The van der Waals surface area contributed by atoms with Crippen molar-refractivity contribution in [3.05, 3.63) is 96.3 Å². The van der Waals surface area contributed by atoms with E-state index in [0.29, 0.717) is 35.6 Å². The van der Waals surface area contributed by atoms with Crippen molar-refractivity contribution in [2.24, 2.45) is 0 Å². The van der Waals surface area contributed by atoms with Gasteiger partial charge in [0.15, 0.2) is 0 Å². The predicted octanol–water partition coefficient (Wildman–Crippen LogP) is 3.89. The highest BCUT2D eigenvalue weighted by Crippen LogP contribution is 2.29. The number of nitrogens with zero attached hydrogens (tertiary/aromatic N) is 4. The van der Waals surface area contributed by atoms with Crippen LogP contribution in [0.15, 0.2) is 89.6 Å². The molecule has 0 N–H and O–H groups in total. The van der Waals surface area contributed by atoms with Crippen LogP contribution in [-0.2, 0) is 4.79 Å². The lowest BCUT2D eigenvalue weighted by Crippen LogP contribution is -2.52. The second-order valence-corrected chi connectivity index (χ2v) is 8.68. The Morgan fingerprint density at radius 3 is 2.36 bits per heavy atom. The summed E-state index contributed by atoms with van der Waals surface area (Å²) in [6.45, 7) is 1.31. The van der Waals surface area contributed by atoms with Crippen molar-refractivity contribution in [3.63, 3.8) is 0 Å². The van der Waals surface area contributed by atoms with Crippen molar-refractivity contribution < 1.29 is 18.8 Å². The first-order valence-electron chi connectivity index (χ1n) is 11.7. The first-order chi connectivity index (χ1) is 17.6. The van der Waals surface area contributed by atoms with Gasteiger partial charge in [0.1, 0.15) is 5.76 Å². The van der Waals surface area contributed by atoms with Crippen molar-refractivity contribution in [1.82, 2.24) is 19.4 Å². The van der Waals surface area contributed by atoms with Crippen LogP contribution in [0, 0.1) is 0 Å². The van der Waals surface area contributed by atoms with E-state index in [2.05, 4.69) is 4.98 Å². The minimum Gasteiger partial charge on any atom is -0.440 e. The van der Waals surface area contributed by atoms with Gasteiger partial charge < -0.3 is 14.2 Å². The summed E-state index contributed by atoms with van der Waals surface area (Å²) in [5.74, 6) is -0.0622. The van der Waals surface area contributed by atoms with Gasteiger partial charge in [0.2, 0.25) is 5.88 Å². The van der Waals surface area contributed by atoms with Crippen LogP contribution in [0.4, 0.5) is 0 Å². The van der Waals surface area contributed by atoms with E-state index in [-0.39, 0.29) is 24.6 Å². The Morgan fingerprint density at radius 2 is 1.56 bits per heavy atom. The van der Waals surface area contributed by atoms with Gasteiger partial charge in [-0.15, -0.1) is 0 Å². The molecule has 178 valence electrons. The Labute approximate surface area is 206 Å². The zero-order valence-corrected chi connectivity index (χ0v) is 19.3. The number of ketones is 1. The molecule has 0 atom stereocenters. The molecule has 0 bridgehead atoms. The van der Waals surface area contributed by atoms with Crippen LogP contribution in [-0.4, -0.2) is 63.1 Å². The number of fused-ring (bicyclic) bond motifs is 2. The summed E-state index contributed by atoms with van der Waals surface area (Å²) >= 11 is 0. The quantitative estimate of drug-likeness (QED) is 0.289. The van der Waals surface area contributed by atoms with E-state index >= 15 is 0 Å². The zero-order valence-electron chi connectivity index (χ0n) is 19.3. The molecule has 2 aliphatic heterocycles. The summed E-state index contributed by atoms with van der Waals surface area (Å²) in [4.78, 5) is 46.9. The zero-order chi connectivity index (χ0) is 24.6. The van der Waals surface area contributed by atoms with Crippen LogP contribution < -0.4 is 0 Å². The molecule has 3 aromatic rings. The van der Waals surface area contributed by atoms with E-state index in [1.54, 1.807) is 40.1 Å². The summed E-state index contributed by atoms with van der Waals surface area (Å²) in [6, 6.07) is 22.2. The molecule has 4 heterocycles. The second kappa shape index (κ2) is 8.81. The SMILES string of the molecule is O=C(C(=O)N1CCN(C(=O)c2ccccc2)CC1)c1cn(-c2ccc3cccc-3o2)c2cccnc12. The smallest absolute Gasteiger partial charge is 0.295 e. The van der Waals surface area contributed by atoms with Gasteiger partial charge in [0, 0.05) is 49.7 Å². The van der Waals surface area contributed by atoms with E-state index in [4.69, 9.17) is 4.42 Å². The third kappa shape index (κ3) is 3.73. The molecule has 2 aromatic heterocycles. The molecule has 2 amide bonds. The van der Waals surface area contributed by atoms with E-state index in [0.717, 1.165) is 11.3 Å². The summed E-state index contributed by atoms with van der Waals surface area (Å²) < 4.78 is 7.77. The Balaban J connectivity index is 1.24. The molecule has 0 radical (unpaired) electrons. The average molecular weight is 479 g/mol. The lowest BCUT2D eigenvalue weighted by molar-refractivity contribution is -0.127. The third-order valence-electron chi connectivity index (χ3n) is 6.54. The van der Waals surface area contributed by atoms with Gasteiger partial charge in [-0.25, -0.2) is 0 Å². The Bertz CT molecular complexity index is 1560. The lowest BCUT2D eigenvalue weighted by Gasteiger charge is -2.34. The molecule has 1 saturated heterocycles. The van der Waals surface area contributed by atoms with Crippen molar-refractivity contribution in [2.45, 2.75) is 0 Å². The number of hydrogen-bond acceptors (Lipinski definition) is 5. The maximum atomic E-state index is 13.4. The Hall–Kier alpha value is -4.72. The molecule has 1 aliphatic carbocycles. The first-order valence-corrected chi connectivity index (χ1v) is 11.7. The molecule has 8 nitrogen and oxygen atoms in total. The molecular formula is C28H22N4O4. The number of carbonyl (C=O) groups excluding carboxylic acids is 3. The molecule has 0 saturated carbocycles.